The summed E-state index contributed by atoms with van der Waals surface area (Å²) >= 11 is 11.6. The van der Waals surface area contributed by atoms with Crippen LogP contribution in [0.1, 0.15) is 15.9 Å². The molecule has 2 aromatic rings. The van der Waals surface area contributed by atoms with Gasteiger partial charge >= 0.3 is 0 Å². The number of hydrazone groups is 1. The van der Waals surface area contributed by atoms with Crippen molar-refractivity contribution in [2.45, 2.75) is 0 Å². The largest absolute Gasteiger partial charge is 0.507 e. The zero-order valence-electron chi connectivity index (χ0n) is 11.3. The van der Waals surface area contributed by atoms with E-state index in [2.05, 4.69) is 10.5 Å². The maximum Gasteiger partial charge on any atom is 0.275 e. The third-order valence-electron chi connectivity index (χ3n) is 2.81. The molecule has 1 amide bonds. The van der Waals surface area contributed by atoms with E-state index in [-0.39, 0.29) is 26.9 Å². The minimum absolute atomic E-state index is 0.123. The van der Waals surface area contributed by atoms with E-state index in [4.69, 9.17) is 23.2 Å². The minimum atomic E-state index is -0.848. The lowest BCUT2D eigenvalue weighted by Gasteiger charge is -2.06. The lowest BCUT2D eigenvalue weighted by atomic mass is 10.1. The third-order valence-corrected chi connectivity index (χ3v) is 3.34. The number of benzene rings is 2. The molecule has 0 aliphatic carbocycles. The first-order chi connectivity index (χ1) is 10.8. The lowest BCUT2D eigenvalue weighted by Crippen LogP contribution is -2.17. The van der Waals surface area contributed by atoms with Gasteiger partial charge in [0, 0.05) is 5.02 Å². The van der Waals surface area contributed by atoms with Crippen molar-refractivity contribution in [3.05, 3.63) is 45.4 Å². The number of halogens is 2. The molecular formula is C14H10Cl2N2O5. The predicted octanol–water partition coefficient (Wildman–Crippen LogP) is 2.58. The van der Waals surface area contributed by atoms with Crippen molar-refractivity contribution in [2.24, 2.45) is 5.10 Å². The molecule has 23 heavy (non-hydrogen) atoms. The first-order valence-electron chi connectivity index (χ1n) is 6.06. The van der Waals surface area contributed by atoms with Crippen molar-refractivity contribution in [3.63, 3.8) is 0 Å². The van der Waals surface area contributed by atoms with Gasteiger partial charge in [-0.3, -0.25) is 4.79 Å². The number of rotatable bonds is 3. The molecule has 0 bridgehead atoms. The molecule has 0 saturated heterocycles. The Balaban J connectivity index is 2.18. The number of carbonyl (C=O) groups is 1. The van der Waals surface area contributed by atoms with Gasteiger partial charge in [0.2, 0.25) is 5.75 Å². The highest BCUT2D eigenvalue weighted by atomic mass is 35.5. The van der Waals surface area contributed by atoms with Crippen LogP contribution >= 0.6 is 23.2 Å². The number of amides is 1. The second-order valence-electron chi connectivity index (χ2n) is 4.35. The van der Waals surface area contributed by atoms with Crippen LogP contribution in [0.5, 0.6) is 23.0 Å². The van der Waals surface area contributed by atoms with Gasteiger partial charge in [0.25, 0.3) is 5.91 Å². The average molecular weight is 357 g/mol. The van der Waals surface area contributed by atoms with Gasteiger partial charge in [-0.15, -0.1) is 0 Å². The molecule has 2 aromatic carbocycles. The van der Waals surface area contributed by atoms with Gasteiger partial charge < -0.3 is 20.4 Å². The maximum atomic E-state index is 11.8. The Morgan fingerprint density at radius 1 is 1.04 bits per heavy atom. The molecule has 0 spiro atoms. The van der Waals surface area contributed by atoms with Gasteiger partial charge in [-0.2, -0.15) is 5.10 Å². The summed E-state index contributed by atoms with van der Waals surface area (Å²) < 4.78 is 0. The topological polar surface area (TPSA) is 122 Å². The van der Waals surface area contributed by atoms with Gasteiger partial charge in [-0.05, 0) is 24.3 Å². The van der Waals surface area contributed by atoms with E-state index >= 15 is 0 Å². The Labute approximate surface area is 140 Å². The zero-order valence-corrected chi connectivity index (χ0v) is 12.8. The molecule has 2 rings (SSSR count). The quantitative estimate of drug-likeness (QED) is 0.328. The van der Waals surface area contributed by atoms with Crippen molar-refractivity contribution in [1.29, 1.82) is 0 Å². The van der Waals surface area contributed by atoms with Crippen molar-refractivity contribution < 1.29 is 25.2 Å². The first kappa shape index (κ1) is 16.7. The number of hydrogen-bond donors (Lipinski definition) is 5. The average Bonchev–Trinajstić information content (AvgIpc) is 2.47. The second-order valence-corrected chi connectivity index (χ2v) is 5.19. The Morgan fingerprint density at radius 3 is 2.39 bits per heavy atom. The number of nitrogens with zero attached hydrogens (tertiary/aromatic N) is 1. The summed E-state index contributed by atoms with van der Waals surface area (Å²) in [5, 5.41) is 41.8. The van der Waals surface area contributed by atoms with Crippen molar-refractivity contribution in [1.82, 2.24) is 5.43 Å². The lowest BCUT2D eigenvalue weighted by molar-refractivity contribution is 0.0951. The van der Waals surface area contributed by atoms with E-state index in [0.717, 1.165) is 18.3 Å². The van der Waals surface area contributed by atoms with Crippen LogP contribution in [-0.2, 0) is 0 Å². The summed E-state index contributed by atoms with van der Waals surface area (Å²) in [4.78, 5) is 11.8. The van der Waals surface area contributed by atoms with Gasteiger partial charge in [0.1, 0.15) is 5.75 Å². The number of phenolic OH excluding ortho intramolecular Hbond substituents is 4. The summed E-state index contributed by atoms with van der Waals surface area (Å²) in [6.07, 6.45) is 1.09. The highest BCUT2D eigenvalue weighted by molar-refractivity contribution is 6.36. The Morgan fingerprint density at radius 2 is 1.74 bits per heavy atom. The Bertz CT molecular complexity index is 785. The molecule has 0 atom stereocenters. The maximum absolute atomic E-state index is 11.8. The van der Waals surface area contributed by atoms with E-state index in [0.29, 0.717) is 0 Å². The standard InChI is InChI=1S/C14H10Cl2N2O5/c15-6-3-9(16)8(11(20)4-6)5-17-18-14(23)7-1-2-10(19)13(22)12(7)21/h1-5,19-22H,(H,18,23). The molecular weight excluding hydrogens is 347 g/mol. The van der Waals surface area contributed by atoms with Crippen LogP contribution in [0.25, 0.3) is 0 Å². The third kappa shape index (κ3) is 3.58. The molecule has 0 heterocycles. The number of phenols is 4. The van der Waals surface area contributed by atoms with E-state index in [1.165, 1.54) is 12.1 Å². The van der Waals surface area contributed by atoms with Crippen LogP contribution in [0.3, 0.4) is 0 Å². The summed E-state index contributed by atoms with van der Waals surface area (Å²) in [6, 6.07) is 4.77. The van der Waals surface area contributed by atoms with Crippen molar-refractivity contribution in [2.75, 3.05) is 0 Å². The molecule has 0 aliphatic heterocycles. The fourth-order valence-electron chi connectivity index (χ4n) is 1.67. The highest BCUT2D eigenvalue weighted by Crippen LogP contribution is 2.36. The van der Waals surface area contributed by atoms with Gasteiger partial charge in [0.05, 0.1) is 22.4 Å². The molecule has 0 radical (unpaired) electrons. The van der Waals surface area contributed by atoms with Gasteiger partial charge in [-0.1, -0.05) is 23.2 Å². The zero-order chi connectivity index (χ0) is 17.1. The second kappa shape index (κ2) is 6.64. The number of nitrogens with one attached hydrogen (secondary N) is 1. The minimum Gasteiger partial charge on any atom is -0.507 e. The highest BCUT2D eigenvalue weighted by Gasteiger charge is 2.16. The smallest absolute Gasteiger partial charge is 0.275 e. The molecule has 0 unspecified atom stereocenters. The SMILES string of the molecule is O=C(NN=Cc1c(O)cc(Cl)cc1Cl)c1ccc(O)c(O)c1O. The number of hydrogen-bond acceptors (Lipinski definition) is 6. The molecule has 0 aliphatic rings. The molecule has 5 N–H and O–H groups in total. The van der Waals surface area contributed by atoms with E-state index in [1.807, 2.05) is 0 Å². The van der Waals surface area contributed by atoms with E-state index in [1.54, 1.807) is 0 Å². The fourth-order valence-corrected chi connectivity index (χ4v) is 2.20. The molecule has 0 fully saturated rings. The summed E-state index contributed by atoms with van der Waals surface area (Å²) in [7, 11) is 0. The predicted molar refractivity (Wildman–Crippen MR) is 84.6 cm³/mol. The molecule has 120 valence electrons. The van der Waals surface area contributed by atoms with Crippen LogP contribution in [0, 0.1) is 0 Å². The number of carbonyl (C=O) groups excluding carboxylic acids is 1. The molecule has 0 saturated carbocycles. The van der Waals surface area contributed by atoms with Crippen LogP contribution < -0.4 is 5.43 Å². The normalized spacial score (nSPS) is 10.9. The summed E-state index contributed by atoms with van der Waals surface area (Å²) in [5.41, 5.74) is 1.91. The van der Waals surface area contributed by atoms with Crippen LogP contribution in [0.2, 0.25) is 10.0 Å². The van der Waals surface area contributed by atoms with Crippen LogP contribution in [0.4, 0.5) is 0 Å². The fraction of sp³-hybridized carbons (Fsp3) is 0. The Hall–Kier alpha value is -2.64. The van der Waals surface area contributed by atoms with Crippen molar-refractivity contribution >= 4 is 35.3 Å². The number of aromatic hydroxyl groups is 4. The molecule has 9 heteroatoms. The van der Waals surface area contributed by atoms with Gasteiger partial charge in [-0.25, -0.2) is 5.43 Å². The first-order valence-corrected chi connectivity index (χ1v) is 6.82. The van der Waals surface area contributed by atoms with Crippen molar-refractivity contribution in [3.8, 4) is 23.0 Å². The Kier molecular flexibility index (Phi) is 4.83. The van der Waals surface area contributed by atoms with Crippen LogP contribution in [-0.4, -0.2) is 32.5 Å². The molecule has 7 nitrogen and oxygen atoms in total. The van der Waals surface area contributed by atoms with E-state index < -0.39 is 23.2 Å². The monoisotopic (exact) mass is 356 g/mol. The van der Waals surface area contributed by atoms with Crippen LogP contribution in [0.15, 0.2) is 29.4 Å². The summed E-state index contributed by atoms with van der Waals surface area (Å²) in [6.45, 7) is 0. The molecule has 0 aromatic heterocycles. The van der Waals surface area contributed by atoms with Gasteiger partial charge in [0.15, 0.2) is 11.5 Å². The summed E-state index contributed by atoms with van der Waals surface area (Å²) in [5.74, 6) is -3.25. The van der Waals surface area contributed by atoms with E-state index in [9.17, 15) is 25.2 Å².